The van der Waals surface area contributed by atoms with Gasteiger partial charge in [-0.05, 0) is 56.2 Å². The SMILES string of the molecule is CCN(CC(=O)Nc1ccccc1OC)C(=O)C1CCN(C(=O)c2ccc(C(F)(F)F)cc2)CC1. The molecule has 1 N–H and O–H groups in total. The highest BCUT2D eigenvalue weighted by Gasteiger charge is 2.32. The maximum atomic E-state index is 13.0. The number of ether oxygens (including phenoxy) is 1. The number of hydrogen-bond donors (Lipinski definition) is 1. The van der Waals surface area contributed by atoms with Crippen LogP contribution in [0.5, 0.6) is 5.75 Å². The molecule has 7 nitrogen and oxygen atoms in total. The topological polar surface area (TPSA) is 79.0 Å². The summed E-state index contributed by atoms with van der Waals surface area (Å²) in [6.07, 6.45) is -3.64. The van der Waals surface area contributed by atoms with Crippen molar-refractivity contribution in [3.05, 3.63) is 59.7 Å². The Hall–Kier alpha value is -3.56. The van der Waals surface area contributed by atoms with Crippen molar-refractivity contribution in [1.29, 1.82) is 0 Å². The van der Waals surface area contributed by atoms with E-state index in [1.165, 1.54) is 29.0 Å². The molecule has 0 unspecified atom stereocenters. The minimum atomic E-state index is -4.46. The van der Waals surface area contributed by atoms with Crippen LogP contribution in [0.15, 0.2) is 48.5 Å². The number of nitrogens with zero attached hydrogens (tertiary/aromatic N) is 2. The Balaban J connectivity index is 1.54. The van der Waals surface area contributed by atoms with E-state index in [9.17, 15) is 27.6 Å². The zero-order valence-electron chi connectivity index (χ0n) is 19.6. The molecule has 2 aromatic rings. The Bertz CT molecular complexity index is 1050. The van der Waals surface area contributed by atoms with Crippen LogP contribution in [0.2, 0.25) is 0 Å². The highest BCUT2D eigenvalue weighted by atomic mass is 19.4. The lowest BCUT2D eigenvalue weighted by Crippen LogP contribution is -2.46. The number of hydrogen-bond acceptors (Lipinski definition) is 4. The van der Waals surface area contributed by atoms with Gasteiger partial charge in [-0.3, -0.25) is 14.4 Å². The van der Waals surface area contributed by atoms with Crippen molar-refractivity contribution < 1.29 is 32.3 Å². The quantitative estimate of drug-likeness (QED) is 0.634. The van der Waals surface area contributed by atoms with Crippen LogP contribution in [0, 0.1) is 5.92 Å². The average molecular weight is 492 g/mol. The van der Waals surface area contributed by atoms with Crippen LogP contribution < -0.4 is 10.1 Å². The Morgan fingerprint density at radius 2 is 1.69 bits per heavy atom. The molecule has 0 spiro atoms. The average Bonchev–Trinajstić information content (AvgIpc) is 2.86. The van der Waals surface area contributed by atoms with Gasteiger partial charge < -0.3 is 19.9 Å². The molecule has 1 fully saturated rings. The van der Waals surface area contributed by atoms with Crippen molar-refractivity contribution in [2.45, 2.75) is 25.9 Å². The number of carbonyl (C=O) groups is 3. The monoisotopic (exact) mass is 491 g/mol. The fourth-order valence-electron chi connectivity index (χ4n) is 4.03. The number of nitrogens with one attached hydrogen (secondary N) is 1. The smallest absolute Gasteiger partial charge is 0.416 e. The molecule has 1 heterocycles. The van der Waals surface area contributed by atoms with Crippen molar-refractivity contribution >= 4 is 23.4 Å². The van der Waals surface area contributed by atoms with E-state index in [-0.39, 0.29) is 35.7 Å². The molecule has 2 aromatic carbocycles. The molecule has 0 radical (unpaired) electrons. The van der Waals surface area contributed by atoms with Crippen LogP contribution in [0.1, 0.15) is 35.7 Å². The number of benzene rings is 2. The van der Waals surface area contributed by atoms with Crippen LogP contribution in [-0.4, -0.2) is 60.8 Å². The molecule has 0 aromatic heterocycles. The van der Waals surface area contributed by atoms with Crippen molar-refractivity contribution in [1.82, 2.24) is 9.80 Å². The molecule has 3 rings (SSSR count). The summed E-state index contributed by atoms with van der Waals surface area (Å²) in [5.74, 6) is -0.706. The van der Waals surface area contributed by atoms with E-state index in [2.05, 4.69) is 5.32 Å². The Labute approximate surface area is 201 Å². The molecule has 35 heavy (non-hydrogen) atoms. The summed E-state index contributed by atoms with van der Waals surface area (Å²) in [5.41, 5.74) is -0.127. The van der Waals surface area contributed by atoms with Crippen LogP contribution >= 0.6 is 0 Å². The van der Waals surface area contributed by atoms with Crippen LogP contribution in [-0.2, 0) is 15.8 Å². The first-order valence-electron chi connectivity index (χ1n) is 11.3. The largest absolute Gasteiger partial charge is 0.495 e. The van der Waals surface area contributed by atoms with Gasteiger partial charge in [0.1, 0.15) is 5.75 Å². The summed E-state index contributed by atoms with van der Waals surface area (Å²) >= 11 is 0. The molecule has 0 bridgehead atoms. The van der Waals surface area contributed by atoms with Gasteiger partial charge in [0, 0.05) is 31.1 Å². The van der Waals surface area contributed by atoms with E-state index >= 15 is 0 Å². The van der Waals surface area contributed by atoms with E-state index in [4.69, 9.17) is 4.74 Å². The fourth-order valence-corrected chi connectivity index (χ4v) is 4.03. The molecule has 0 atom stereocenters. The van der Waals surface area contributed by atoms with Crippen molar-refractivity contribution in [2.24, 2.45) is 5.92 Å². The van der Waals surface area contributed by atoms with Gasteiger partial charge in [-0.15, -0.1) is 0 Å². The third-order valence-corrected chi connectivity index (χ3v) is 6.00. The molecular formula is C25H28F3N3O4. The predicted octanol–water partition coefficient (Wildman–Crippen LogP) is 4.05. The zero-order valence-corrected chi connectivity index (χ0v) is 19.6. The summed E-state index contributed by atoms with van der Waals surface area (Å²) in [6.45, 7) is 2.64. The Morgan fingerprint density at radius 1 is 1.06 bits per heavy atom. The van der Waals surface area contributed by atoms with Gasteiger partial charge in [0.25, 0.3) is 5.91 Å². The number of alkyl halides is 3. The summed E-state index contributed by atoms with van der Waals surface area (Å²) < 4.78 is 43.5. The summed E-state index contributed by atoms with van der Waals surface area (Å²) in [5, 5.41) is 2.76. The molecule has 0 aliphatic carbocycles. The number of anilines is 1. The van der Waals surface area contributed by atoms with Gasteiger partial charge in [0.2, 0.25) is 11.8 Å². The van der Waals surface area contributed by atoms with Gasteiger partial charge in [0.15, 0.2) is 0 Å². The second kappa shape index (κ2) is 11.2. The maximum Gasteiger partial charge on any atom is 0.416 e. The molecule has 1 saturated heterocycles. The number of halogens is 3. The van der Waals surface area contributed by atoms with Crippen LogP contribution in [0.25, 0.3) is 0 Å². The third kappa shape index (κ3) is 6.52. The number of amides is 3. The number of carbonyl (C=O) groups excluding carboxylic acids is 3. The van der Waals surface area contributed by atoms with Crippen molar-refractivity contribution in [2.75, 3.05) is 38.6 Å². The summed E-state index contributed by atoms with van der Waals surface area (Å²) in [7, 11) is 1.50. The van der Waals surface area contributed by atoms with Crippen molar-refractivity contribution in [3.8, 4) is 5.75 Å². The van der Waals surface area contributed by atoms with E-state index in [0.29, 0.717) is 43.9 Å². The second-order valence-electron chi connectivity index (χ2n) is 8.24. The number of piperidine rings is 1. The Kier molecular flexibility index (Phi) is 8.37. The lowest BCUT2D eigenvalue weighted by atomic mass is 9.94. The fraction of sp³-hybridized carbons (Fsp3) is 0.400. The number of methoxy groups -OCH3 is 1. The van der Waals surface area contributed by atoms with E-state index in [1.807, 2.05) is 0 Å². The molecule has 188 valence electrons. The number of likely N-dealkylation sites (tertiary alicyclic amines) is 1. The lowest BCUT2D eigenvalue weighted by Gasteiger charge is -2.34. The van der Waals surface area contributed by atoms with Gasteiger partial charge >= 0.3 is 6.18 Å². The van der Waals surface area contributed by atoms with Crippen molar-refractivity contribution in [3.63, 3.8) is 0 Å². The molecular weight excluding hydrogens is 463 g/mol. The second-order valence-corrected chi connectivity index (χ2v) is 8.24. The highest BCUT2D eigenvalue weighted by Crippen LogP contribution is 2.29. The molecule has 1 aliphatic rings. The van der Waals surface area contributed by atoms with Gasteiger partial charge in [-0.25, -0.2) is 0 Å². The first kappa shape index (κ1) is 26.1. The number of likely N-dealkylation sites (N-methyl/N-ethyl adjacent to an activating group) is 1. The minimum Gasteiger partial charge on any atom is -0.495 e. The standard InChI is InChI=1S/C25H28F3N3O4/c1-3-30(16-22(32)29-20-6-4-5-7-21(20)35-2)23(33)18-12-14-31(15-13-18)24(34)17-8-10-19(11-9-17)25(26,27)28/h4-11,18H,3,12-16H2,1-2H3,(H,29,32). The minimum absolute atomic E-state index is 0.113. The molecule has 1 aliphatic heterocycles. The van der Waals surface area contributed by atoms with E-state index in [1.54, 1.807) is 31.2 Å². The van der Waals surface area contributed by atoms with Crippen LogP contribution in [0.4, 0.5) is 18.9 Å². The summed E-state index contributed by atoms with van der Waals surface area (Å²) in [4.78, 5) is 41.3. The Morgan fingerprint density at radius 3 is 2.26 bits per heavy atom. The third-order valence-electron chi connectivity index (χ3n) is 6.00. The highest BCUT2D eigenvalue weighted by molar-refractivity contribution is 5.96. The van der Waals surface area contributed by atoms with Crippen LogP contribution in [0.3, 0.4) is 0 Å². The molecule has 10 heteroatoms. The number of rotatable bonds is 7. The van der Waals surface area contributed by atoms with E-state index < -0.39 is 11.7 Å². The zero-order chi connectivity index (χ0) is 25.6. The maximum absolute atomic E-state index is 13.0. The first-order valence-corrected chi connectivity index (χ1v) is 11.3. The first-order chi connectivity index (χ1) is 16.6. The number of para-hydroxylation sites is 2. The van der Waals surface area contributed by atoms with E-state index in [0.717, 1.165) is 12.1 Å². The predicted molar refractivity (Wildman–Crippen MR) is 124 cm³/mol. The lowest BCUT2D eigenvalue weighted by molar-refractivity contribution is -0.139. The van der Waals surface area contributed by atoms with Gasteiger partial charge in [0.05, 0.1) is 24.9 Å². The normalized spacial score (nSPS) is 14.4. The van der Waals surface area contributed by atoms with Gasteiger partial charge in [-0.1, -0.05) is 12.1 Å². The molecule has 0 saturated carbocycles. The van der Waals surface area contributed by atoms with Gasteiger partial charge in [-0.2, -0.15) is 13.2 Å². The molecule has 3 amide bonds. The summed E-state index contributed by atoms with van der Waals surface area (Å²) in [6, 6.07) is 11.1.